The van der Waals surface area contributed by atoms with Crippen LogP contribution in [-0.2, 0) is 13.0 Å². The molecule has 1 aromatic heterocycles. The molecule has 1 aliphatic heterocycles. The van der Waals surface area contributed by atoms with E-state index in [1.807, 2.05) is 42.5 Å². The van der Waals surface area contributed by atoms with E-state index >= 15 is 0 Å². The normalized spacial score (nSPS) is 15.3. The van der Waals surface area contributed by atoms with Gasteiger partial charge in [0.05, 0.1) is 5.60 Å². The molecule has 7 heteroatoms. The van der Waals surface area contributed by atoms with Gasteiger partial charge < -0.3 is 25.5 Å². The van der Waals surface area contributed by atoms with Crippen LogP contribution >= 0.6 is 0 Å². The number of aromatic nitrogens is 1. The van der Waals surface area contributed by atoms with E-state index < -0.39 is 5.60 Å². The highest BCUT2D eigenvalue weighted by atomic mass is 16.3. The third kappa shape index (κ3) is 7.54. The molecule has 0 atom stereocenters. The summed E-state index contributed by atoms with van der Waals surface area (Å²) in [6, 6.07) is 23.9. The number of benzene rings is 2. The molecular weight excluding hydrogens is 450 g/mol. The highest BCUT2D eigenvalue weighted by Gasteiger charge is 2.32. The van der Waals surface area contributed by atoms with Gasteiger partial charge in [0.25, 0.3) is 0 Å². The maximum absolute atomic E-state index is 12.5. The Morgan fingerprint density at radius 3 is 2.36 bits per heavy atom. The average molecular weight is 488 g/mol. The van der Waals surface area contributed by atoms with Crippen molar-refractivity contribution < 1.29 is 9.90 Å². The molecule has 1 aliphatic rings. The van der Waals surface area contributed by atoms with Gasteiger partial charge in [-0.3, -0.25) is 0 Å². The van der Waals surface area contributed by atoms with Crippen LogP contribution in [0.3, 0.4) is 0 Å². The first-order valence-corrected chi connectivity index (χ1v) is 12.8. The lowest BCUT2D eigenvalue weighted by Gasteiger charge is -2.38. The van der Waals surface area contributed by atoms with Crippen LogP contribution in [0.1, 0.15) is 30.9 Å². The molecule has 4 rings (SSSR count). The highest BCUT2D eigenvalue weighted by Crippen LogP contribution is 2.26. The van der Waals surface area contributed by atoms with Gasteiger partial charge in [-0.25, -0.2) is 9.78 Å². The van der Waals surface area contributed by atoms with Crippen molar-refractivity contribution in [1.82, 2.24) is 15.2 Å². The summed E-state index contributed by atoms with van der Waals surface area (Å²) in [6.45, 7) is 6.64. The van der Waals surface area contributed by atoms with Crippen molar-refractivity contribution >= 4 is 17.5 Å². The second kappa shape index (κ2) is 12.5. The lowest BCUT2D eigenvalue weighted by atomic mass is 9.85. The van der Waals surface area contributed by atoms with Crippen molar-refractivity contribution in [3.8, 4) is 0 Å². The number of carbonyl (C=O) groups excluding carboxylic acids is 1. The fourth-order valence-corrected chi connectivity index (χ4v) is 4.68. The quantitative estimate of drug-likeness (QED) is 0.397. The minimum Gasteiger partial charge on any atom is -0.389 e. The molecule has 0 saturated carbocycles. The number of anilines is 2. The number of aliphatic hydroxyl groups is 1. The van der Waals surface area contributed by atoms with Crippen molar-refractivity contribution in [2.24, 2.45) is 0 Å². The van der Waals surface area contributed by atoms with Crippen LogP contribution in [0.4, 0.5) is 16.3 Å². The minimum atomic E-state index is -0.644. The molecule has 1 saturated heterocycles. The van der Waals surface area contributed by atoms with Crippen molar-refractivity contribution in [1.29, 1.82) is 0 Å². The van der Waals surface area contributed by atoms with Gasteiger partial charge in [-0.05, 0) is 37.0 Å². The molecule has 3 N–H and O–H groups in total. The van der Waals surface area contributed by atoms with E-state index in [4.69, 9.17) is 0 Å². The Morgan fingerprint density at radius 1 is 1.03 bits per heavy atom. The second-order valence-electron chi connectivity index (χ2n) is 9.51. The van der Waals surface area contributed by atoms with Crippen LogP contribution in [0.25, 0.3) is 0 Å². The lowest BCUT2D eigenvalue weighted by molar-refractivity contribution is -0.0201. The first-order chi connectivity index (χ1) is 17.5. The first kappa shape index (κ1) is 25.7. The van der Waals surface area contributed by atoms with Gasteiger partial charge in [0.2, 0.25) is 0 Å². The van der Waals surface area contributed by atoms with Gasteiger partial charge in [-0.15, -0.1) is 0 Å². The van der Waals surface area contributed by atoms with Crippen LogP contribution in [-0.4, -0.2) is 59.3 Å². The number of carbonyl (C=O) groups is 1. The molecule has 190 valence electrons. The highest BCUT2D eigenvalue weighted by molar-refractivity contribution is 5.89. The molecule has 0 aliphatic carbocycles. The van der Waals surface area contributed by atoms with Crippen LogP contribution in [0.2, 0.25) is 0 Å². The number of rotatable bonds is 10. The number of nitrogens with one attached hydrogen (secondary N) is 2. The number of hydrogen-bond acceptors (Lipinski definition) is 5. The molecule has 0 radical (unpaired) electrons. The molecule has 2 amide bonds. The van der Waals surface area contributed by atoms with E-state index in [2.05, 4.69) is 56.6 Å². The summed E-state index contributed by atoms with van der Waals surface area (Å²) in [5.41, 5.74) is 2.46. The Hall–Kier alpha value is -3.42. The summed E-state index contributed by atoms with van der Waals surface area (Å²) in [4.78, 5) is 21.5. The number of hydrogen-bond donors (Lipinski definition) is 3. The van der Waals surface area contributed by atoms with Gasteiger partial charge in [-0.1, -0.05) is 60.7 Å². The number of piperidine rings is 1. The Morgan fingerprint density at radius 2 is 1.69 bits per heavy atom. The molecule has 3 aromatic rings. The predicted molar refractivity (Wildman–Crippen MR) is 145 cm³/mol. The van der Waals surface area contributed by atoms with Crippen LogP contribution < -0.4 is 15.5 Å². The van der Waals surface area contributed by atoms with Crippen molar-refractivity contribution in [3.05, 3.63) is 90.1 Å². The molecule has 7 nitrogen and oxygen atoms in total. The molecule has 2 heterocycles. The molecule has 2 aromatic carbocycles. The Labute approximate surface area is 214 Å². The standard InChI is InChI=1S/C29H37N5O2/c1-2-34(23-25-11-7-4-8-12-25)27-21-26(13-16-30-27)32-28(35)31-17-20-33-18-14-29(36,15-19-33)22-24-9-5-3-6-10-24/h3-13,16,21,36H,2,14-15,17-20,22-23H2,1H3,(H2,30,31,32,35). The number of pyridine rings is 1. The summed E-state index contributed by atoms with van der Waals surface area (Å²) >= 11 is 0. The summed E-state index contributed by atoms with van der Waals surface area (Å²) in [5, 5.41) is 16.8. The van der Waals surface area contributed by atoms with E-state index in [-0.39, 0.29) is 6.03 Å². The zero-order valence-corrected chi connectivity index (χ0v) is 21.1. The van der Waals surface area contributed by atoms with Crippen LogP contribution in [0.5, 0.6) is 0 Å². The number of amides is 2. The van der Waals surface area contributed by atoms with Crippen molar-refractivity contribution in [3.63, 3.8) is 0 Å². The maximum atomic E-state index is 12.5. The van der Waals surface area contributed by atoms with Gasteiger partial charge in [0, 0.05) is 63.6 Å². The average Bonchev–Trinajstić information content (AvgIpc) is 2.90. The van der Waals surface area contributed by atoms with Gasteiger partial charge >= 0.3 is 6.03 Å². The van der Waals surface area contributed by atoms with E-state index in [1.165, 1.54) is 11.1 Å². The van der Waals surface area contributed by atoms with Gasteiger partial charge in [-0.2, -0.15) is 0 Å². The third-order valence-corrected chi connectivity index (χ3v) is 6.80. The summed E-state index contributed by atoms with van der Waals surface area (Å²) in [6.07, 6.45) is 3.90. The van der Waals surface area contributed by atoms with Gasteiger partial charge in [0.1, 0.15) is 5.82 Å². The van der Waals surface area contributed by atoms with Gasteiger partial charge in [0.15, 0.2) is 0 Å². The Balaban J connectivity index is 1.20. The zero-order chi connectivity index (χ0) is 25.2. The summed E-state index contributed by atoms with van der Waals surface area (Å²) < 4.78 is 0. The zero-order valence-electron chi connectivity index (χ0n) is 21.1. The molecule has 36 heavy (non-hydrogen) atoms. The molecule has 0 spiro atoms. The third-order valence-electron chi connectivity index (χ3n) is 6.80. The maximum Gasteiger partial charge on any atom is 0.319 e. The van der Waals surface area contributed by atoms with E-state index in [0.29, 0.717) is 18.7 Å². The summed E-state index contributed by atoms with van der Waals surface area (Å²) in [5.74, 6) is 0.829. The first-order valence-electron chi connectivity index (χ1n) is 12.8. The lowest BCUT2D eigenvalue weighted by Crippen LogP contribution is -2.47. The molecule has 0 bridgehead atoms. The van der Waals surface area contributed by atoms with E-state index in [9.17, 15) is 9.90 Å². The topological polar surface area (TPSA) is 80.7 Å². The Kier molecular flexibility index (Phi) is 8.92. The molecular formula is C29H37N5O2. The minimum absolute atomic E-state index is 0.226. The smallest absolute Gasteiger partial charge is 0.319 e. The fourth-order valence-electron chi connectivity index (χ4n) is 4.68. The predicted octanol–water partition coefficient (Wildman–Crippen LogP) is 4.30. The second-order valence-corrected chi connectivity index (χ2v) is 9.51. The molecule has 0 unspecified atom stereocenters. The summed E-state index contributed by atoms with van der Waals surface area (Å²) in [7, 11) is 0. The largest absolute Gasteiger partial charge is 0.389 e. The van der Waals surface area contributed by atoms with Crippen LogP contribution in [0.15, 0.2) is 79.0 Å². The fraction of sp³-hybridized carbons (Fsp3) is 0.379. The van der Waals surface area contributed by atoms with Crippen LogP contribution in [0, 0.1) is 0 Å². The number of urea groups is 1. The Bertz CT molecular complexity index is 1090. The van der Waals surface area contributed by atoms with Crippen molar-refractivity contribution in [2.75, 3.05) is 42.9 Å². The number of likely N-dealkylation sites (tertiary alicyclic amines) is 1. The van der Waals surface area contributed by atoms with E-state index in [0.717, 1.165) is 51.4 Å². The monoisotopic (exact) mass is 487 g/mol. The SMILES string of the molecule is CCN(Cc1ccccc1)c1cc(NC(=O)NCCN2CCC(O)(Cc3ccccc3)CC2)ccn1. The molecule has 1 fully saturated rings. The number of nitrogens with zero attached hydrogens (tertiary/aromatic N) is 3. The van der Waals surface area contributed by atoms with Crippen molar-refractivity contribution in [2.45, 2.75) is 38.3 Å². The van der Waals surface area contributed by atoms with E-state index in [1.54, 1.807) is 12.3 Å².